The van der Waals surface area contributed by atoms with Gasteiger partial charge in [0, 0.05) is 23.6 Å². The minimum atomic E-state index is -1.88. The predicted octanol–water partition coefficient (Wildman–Crippen LogP) is -0.118. The number of hydrogen-bond acceptors (Lipinski definition) is 14. The zero-order chi connectivity index (χ0) is 30.5. The summed E-state index contributed by atoms with van der Waals surface area (Å²) < 4.78 is 28.4. The molecule has 2 fully saturated rings. The van der Waals surface area contributed by atoms with Gasteiger partial charge in [-0.15, -0.1) is 0 Å². The number of aliphatic hydroxyl groups excluding tert-OH is 5. The van der Waals surface area contributed by atoms with Gasteiger partial charge in [0.15, 0.2) is 12.1 Å². The van der Waals surface area contributed by atoms with Gasteiger partial charge in [-0.25, -0.2) is 0 Å². The lowest BCUT2D eigenvalue weighted by molar-refractivity contribution is -0.313. The molecule has 2 aromatic carbocycles. The maximum Gasteiger partial charge on any atom is 0.239 e. The van der Waals surface area contributed by atoms with Crippen LogP contribution in [0.3, 0.4) is 0 Å². The van der Waals surface area contributed by atoms with Crippen LogP contribution in [0.2, 0.25) is 0 Å². The Morgan fingerprint density at radius 1 is 0.786 bits per heavy atom. The van der Waals surface area contributed by atoms with E-state index in [0.29, 0.717) is 0 Å². The highest BCUT2D eigenvalue weighted by atomic mass is 16.7. The average molecular weight is 593 g/mol. The molecular formula is C28H32O14. The molecule has 14 nitrogen and oxygen atoms in total. The van der Waals surface area contributed by atoms with E-state index in [0.717, 1.165) is 12.1 Å². The second-order valence-corrected chi connectivity index (χ2v) is 10.5. The van der Waals surface area contributed by atoms with E-state index in [1.807, 2.05) is 0 Å². The lowest BCUT2D eigenvalue weighted by atomic mass is 9.92. The summed E-state index contributed by atoms with van der Waals surface area (Å²) in [6.07, 6.45) is -12.9. The van der Waals surface area contributed by atoms with Gasteiger partial charge in [-0.3, -0.25) is 4.79 Å². The van der Waals surface area contributed by atoms with Crippen molar-refractivity contribution in [2.24, 2.45) is 5.92 Å². The summed E-state index contributed by atoms with van der Waals surface area (Å²) in [6.45, 7) is 2.89. The molecule has 0 aliphatic carbocycles. The zero-order valence-electron chi connectivity index (χ0n) is 22.5. The summed E-state index contributed by atoms with van der Waals surface area (Å²) in [5.74, 6) is -2.26. The molecular weight excluding hydrogens is 560 g/mol. The van der Waals surface area contributed by atoms with Crippen LogP contribution >= 0.6 is 0 Å². The molecule has 0 bridgehead atoms. The zero-order valence-corrected chi connectivity index (χ0v) is 22.5. The number of ether oxygens (including phenoxy) is 4. The van der Waals surface area contributed by atoms with Gasteiger partial charge in [-0.05, 0) is 31.2 Å². The van der Waals surface area contributed by atoms with Crippen LogP contribution in [-0.2, 0) is 14.2 Å². The van der Waals surface area contributed by atoms with Gasteiger partial charge < -0.3 is 64.2 Å². The Morgan fingerprint density at radius 2 is 1.45 bits per heavy atom. The van der Waals surface area contributed by atoms with E-state index in [4.69, 9.17) is 23.4 Å². The highest BCUT2D eigenvalue weighted by Gasteiger charge is 2.47. The smallest absolute Gasteiger partial charge is 0.239 e. The third-order valence-electron chi connectivity index (χ3n) is 7.63. The SMILES string of the molecule is C[C@@H]1[C@@H](O)[C@@H](O)[C@H](OC[C@H]2O[C@@H](Oc3c(-c4ccc(O)cc4)oc4cc(O)cc(O)c4c3=O)[C@H](O)[C@@H](O)[C@@H]2O)O[C@H]1C. The molecule has 0 radical (unpaired) electrons. The number of benzene rings is 2. The first kappa shape index (κ1) is 30.0. The van der Waals surface area contributed by atoms with Gasteiger partial charge in [0.1, 0.15) is 58.7 Å². The Balaban J connectivity index is 1.46. The molecule has 10 atom stereocenters. The largest absolute Gasteiger partial charge is 0.508 e. The summed E-state index contributed by atoms with van der Waals surface area (Å²) in [5.41, 5.74) is -0.894. The molecule has 228 valence electrons. The van der Waals surface area contributed by atoms with Crippen LogP contribution in [0.4, 0.5) is 0 Å². The fourth-order valence-electron chi connectivity index (χ4n) is 4.94. The second-order valence-electron chi connectivity index (χ2n) is 10.5. The van der Waals surface area contributed by atoms with Crippen LogP contribution in [0.15, 0.2) is 45.6 Å². The average Bonchev–Trinajstić information content (AvgIpc) is 2.95. The summed E-state index contributed by atoms with van der Waals surface area (Å²) in [6, 6.07) is 7.43. The van der Waals surface area contributed by atoms with Gasteiger partial charge in [0.05, 0.1) is 18.8 Å². The summed E-state index contributed by atoms with van der Waals surface area (Å²) in [4.78, 5) is 13.6. The normalized spacial score (nSPS) is 33.5. The van der Waals surface area contributed by atoms with Crippen LogP contribution in [-0.4, -0.2) is 103 Å². The molecule has 3 aromatic rings. The number of rotatable bonds is 6. The second kappa shape index (κ2) is 11.7. The van der Waals surface area contributed by atoms with Crippen molar-refractivity contribution in [3.63, 3.8) is 0 Å². The van der Waals surface area contributed by atoms with Crippen molar-refractivity contribution in [2.45, 2.75) is 69.2 Å². The Labute approximate surface area is 238 Å². The monoisotopic (exact) mass is 592 g/mol. The van der Waals surface area contributed by atoms with Crippen molar-refractivity contribution in [3.05, 3.63) is 46.6 Å². The number of aromatic hydroxyl groups is 3. The quantitative estimate of drug-likeness (QED) is 0.187. The van der Waals surface area contributed by atoms with Crippen LogP contribution in [0.25, 0.3) is 22.3 Å². The Hall–Kier alpha value is -3.47. The van der Waals surface area contributed by atoms with E-state index in [1.54, 1.807) is 13.8 Å². The Bertz CT molecular complexity index is 1470. The molecule has 0 saturated carbocycles. The molecule has 0 unspecified atom stereocenters. The predicted molar refractivity (Wildman–Crippen MR) is 142 cm³/mol. The molecule has 8 N–H and O–H groups in total. The fraction of sp³-hybridized carbons (Fsp3) is 0.464. The van der Waals surface area contributed by atoms with Crippen LogP contribution in [0.5, 0.6) is 23.0 Å². The van der Waals surface area contributed by atoms with Crippen molar-refractivity contribution in [1.82, 2.24) is 0 Å². The van der Waals surface area contributed by atoms with Gasteiger partial charge in [-0.1, -0.05) is 6.92 Å². The Morgan fingerprint density at radius 3 is 2.14 bits per heavy atom. The summed E-state index contributed by atoms with van der Waals surface area (Å²) in [7, 11) is 0. The number of hydrogen-bond donors (Lipinski definition) is 8. The van der Waals surface area contributed by atoms with Crippen molar-refractivity contribution in [1.29, 1.82) is 0 Å². The molecule has 1 aromatic heterocycles. The Kier molecular flexibility index (Phi) is 8.33. The van der Waals surface area contributed by atoms with Crippen molar-refractivity contribution < 1.29 is 64.2 Å². The molecule has 0 spiro atoms. The highest BCUT2D eigenvalue weighted by Crippen LogP contribution is 2.37. The lowest BCUT2D eigenvalue weighted by Crippen LogP contribution is -2.61. The van der Waals surface area contributed by atoms with Gasteiger partial charge in [0.25, 0.3) is 0 Å². The van der Waals surface area contributed by atoms with Crippen LogP contribution < -0.4 is 10.2 Å². The van der Waals surface area contributed by atoms with Crippen molar-refractivity contribution >= 4 is 11.0 Å². The molecule has 3 heterocycles. The van der Waals surface area contributed by atoms with Gasteiger partial charge in [-0.2, -0.15) is 0 Å². The minimum absolute atomic E-state index is 0.0888. The van der Waals surface area contributed by atoms with E-state index in [-0.39, 0.29) is 39.7 Å². The maximum atomic E-state index is 13.6. The number of fused-ring (bicyclic) bond motifs is 1. The molecule has 0 amide bonds. The number of phenolic OH excluding ortho intramolecular Hbond substituents is 3. The van der Waals surface area contributed by atoms with Gasteiger partial charge in [0.2, 0.25) is 17.5 Å². The van der Waals surface area contributed by atoms with Crippen LogP contribution in [0.1, 0.15) is 13.8 Å². The summed E-state index contributed by atoms with van der Waals surface area (Å²) >= 11 is 0. The first-order chi connectivity index (χ1) is 19.9. The van der Waals surface area contributed by atoms with E-state index in [2.05, 4.69) is 0 Å². The molecule has 2 aliphatic rings. The van der Waals surface area contributed by atoms with Crippen LogP contribution in [0, 0.1) is 5.92 Å². The maximum absolute atomic E-state index is 13.6. The minimum Gasteiger partial charge on any atom is -0.508 e. The van der Waals surface area contributed by atoms with E-state index in [9.17, 15) is 45.6 Å². The topological polar surface area (TPSA) is 229 Å². The molecule has 42 heavy (non-hydrogen) atoms. The molecule has 14 heteroatoms. The first-order valence-electron chi connectivity index (χ1n) is 13.2. The standard InChI is InChI=1S/C28H32O14/c1-10-11(2)39-27(23(36)19(10)32)38-9-17-20(33)22(35)24(37)28(41-17)42-26-21(34)18-15(31)7-14(30)8-16(18)40-25(26)12-3-5-13(29)6-4-12/h3-8,10-11,17,19-20,22-24,27-33,35-37H,9H2,1-2H3/t10-,11-,17+,19+,20+,22-,23+,24+,27+,28-/m0/s1. The number of phenols is 3. The third-order valence-corrected chi connectivity index (χ3v) is 7.63. The van der Waals surface area contributed by atoms with E-state index in [1.165, 1.54) is 24.3 Å². The highest BCUT2D eigenvalue weighted by molar-refractivity contribution is 5.88. The first-order valence-corrected chi connectivity index (χ1v) is 13.2. The van der Waals surface area contributed by atoms with E-state index >= 15 is 0 Å². The fourth-order valence-corrected chi connectivity index (χ4v) is 4.94. The van der Waals surface area contributed by atoms with Gasteiger partial charge >= 0.3 is 0 Å². The summed E-state index contributed by atoms with van der Waals surface area (Å²) in [5, 5.41) is 82.1. The molecule has 2 saturated heterocycles. The van der Waals surface area contributed by atoms with E-state index < -0.39 is 78.8 Å². The van der Waals surface area contributed by atoms with Crippen molar-refractivity contribution in [2.75, 3.05) is 6.61 Å². The van der Waals surface area contributed by atoms with Crippen molar-refractivity contribution in [3.8, 4) is 34.3 Å². The molecule has 5 rings (SSSR count). The number of aliphatic hydroxyl groups is 5. The third kappa shape index (κ3) is 5.50. The lowest BCUT2D eigenvalue weighted by Gasteiger charge is -2.42. The molecule has 2 aliphatic heterocycles.